The van der Waals surface area contributed by atoms with Crippen molar-refractivity contribution in [1.82, 2.24) is 9.88 Å². The molecule has 0 aliphatic carbocycles. The molecular formula is C17H24N2OS. The first-order chi connectivity index (χ1) is 10.4. The Labute approximate surface area is 130 Å². The minimum absolute atomic E-state index is 0.333. The Morgan fingerprint density at radius 3 is 2.71 bits per heavy atom. The average Bonchev–Trinajstić information content (AvgIpc) is 2.96. The molecule has 2 aromatic rings. The Kier molecular flexibility index (Phi) is 5.22. The van der Waals surface area contributed by atoms with Gasteiger partial charge in [-0.25, -0.2) is 4.98 Å². The zero-order valence-corrected chi connectivity index (χ0v) is 13.3. The van der Waals surface area contributed by atoms with Crippen LogP contribution >= 0.6 is 11.3 Å². The van der Waals surface area contributed by atoms with Gasteiger partial charge in [0.25, 0.3) is 0 Å². The summed E-state index contributed by atoms with van der Waals surface area (Å²) in [6, 6.07) is 8.46. The number of aromatic nitrogens is 1. The second-order valence-electron chi connectivity index (χ2n) is 5.92. The predicted molar refractivity (Wildman–Crippen MR) is 89.0 cm³/mol. The summed E-state index contributed by atoms with van der Waals surface area (Å²) < 4.78 is 1.32. The normalized spacial score (nSPS) is 17.6. The zero-order chi connectivity index (χ0) is 14.5. The lowest BCUT2D eigenvalue weighted by Gasteiger charge is -2.30. The zero-order valence-electron chi connectivity index (χ0n) is 12.5. The molecule has 1 fully saturated rings. The summed E-state index contributed by atoms with van der Waals surface area (Å²) >= 11 is 1.87. The largest absolute Gasteiger partial charge is 0.396 e. The molecule has 4 heteroatoms. The molecule has 114 valence electrons. The number of fused-ring (bicyclic) bond motifs is 1. The van der Waals surface area contributed by atoms with E-state index < -0.39 is 0 Å². The second kappa shape index (κ2) is 7.34. The number of aliphatic hydroxyl groups excluding tert-OH is 1. The molecule has 1 saturated heterocycles. The fourth-order valence-corrected chi connectivity index (χ4v) is 4.23. The highest BCUT2D eigenvalue weighted by molar-refractivity contribution is 7.18. The average molecular weight is 304 g/mol. The van der Waals surface area contributed by atoms with Crippen molar-refractivity contribution in [2.24, 2.45) is 0 Å². The van der Waals surface area contributed by atoms with Crippen LogP contribution < -0.4 is 0 Å². The van der Waals surface area contributed by atoms with E-state index in [1.807, 2.05) is 11.3 Å². The van der Waals surface area contributed by atoms with Crippen LogP contribution in [0, 0.1) is 0 Å². The van der Waals surface area contributed by atoms with E-state index in [1.165, 1.54) is 48.6 Å². The molecule has 2 heterocycles. The van der Waals surface area contributed by atoms with E-state index in [0.29, 0.717) is 12.5 Å². The van der Waals surface area contributed by atoms with Crippen molar-refractivity contribution in [1.29, 1.82) is 0 Å². The third-order valence-electron chi connectivity index (χ3n) is 4.38. The van der Waals surface area contributed by atoms with Gasteiger partial charge in [-0.05, 0) is 63.9 Å². The van der Waals surface area contributed by atoms with Crippen molar-refractivity contribution in [3.63, 3.8) is 0 Å². The van der Waals surface area contributed by atoms with Gasteiger partial charge in [0.1, 0.15) is 0 Å². The van der Waals surface area contributed by atoms with Crippen LogP contribution in [0.4, 0.5) is 0 Å². The molecule has 3 nitrogen and oxygen atoms in total. The highest BCUT2D eigenvalue weighted by Gasteiger charge is 2.22. The molecule has 0 bridgehead atoms. The van der Waals surface area contributed by atoms with Crippen LogP contribution in [0.5, 0.6) is 0 Å². The molecular weight excluding hydrogens is 280 g/mol. The van der Waals surface area contributed by atoms with Crippen LogP contribution in [0.2, 0.25) is 0 Å². The van der Waals surface area contributed by atoms with Crippen molar-refractivity contribution in [2.75, 3.05) is 26.2 Å². The van der Waals surface area contributed by atoms with Gasteiger partial charge in [0.2, 0.25) is 0 Å². The van der Waals surface area contributed by atoms with Crippen LogP contribution in [0.25, 0.3) is 10.2 Å². The molecule has 21 heavy (non-hydrogen) atoms. The van der Waals surface area contributed by atoms with Gasteiger partial charge in [0.15, 0.2) is 0 Å². The van der Waals surface area contributed by atoms with E-state index in [0.717, 1.165) is 18.4 Å². The SMILES string of the molecule is OCCCCCN1CCC(c2nc3ccccc3s2)CC1. The van der Waals surface area contributed by atoms with E-state index in [-0.39, 0.29) is 0 Å². The van der Waals surface area contributed by atoms with Gasteiger partial charge in [0.05, 0.1) is 15.2 Å². The summed E-state index contributed by atoms with van der Waals surface area (Å²) in [4.78, 5) is 7.39. The van der Waals surface area contributed by atoms with E-state index >= 15 is 0 Å². The summed E-state index contributed by atoms with van der Waals surface area (Å²) in [5, 5.41) is 10.1. The van der Waals surface area contributed by atoms with Crippen LogP contribution in [0.3, 0.4) is 0 Å². The lowest BCUT2D eigenvalue weighted by Crippen LogP contribution is -2.33. The first-order valence-electron chi connectivity index (χ1n) is 8.05. The molecule has 1 aromatic heterocycles. The number of nitrogens with zero attached hydrogens (tertiary/aromatic N) is 2. The van der Waals surface area contributed by atoms with Gasteiger partial charge in [0, 0.05) is 12.5 Å². The van der Waals surface area contributed by atoms with E-state index in [4.69, 9.17) is 10.1 Å². The Bertz CT molecular complexity index is 528. The van der Waals surface area contributed by atoms with Crippen molar-refractivity contribution >= 4 is 21.6 Å². The minimum atomic E-state index is 0.333. The highest BCUT2D eigenvalue weighted by Crippen LogP contribution is 2.33. The van der Waals surface area contributed by atoms with Crippen molar-refractivity contribution in [2.45, 2.75) is 38.0 Å². The molecule has 0 atom stereocenters. The van der Waals surface area contributed by atoms with Gasteiger partial charge < -0.3 is 10.0 Å². The van der Waals surface area contributed by atoms with Crippen LogP contribution in [-0.2, 0) is 0 Å². The molecule has 0 radical (unpaired) electrons. The van der Waals surface area contributed by atoms with Crippen molar-refractivity contribution in [3.05, 3.63) is 29.3 Å². The maximum Gasteiger partial charge on any atom is 0.0970 e. The summed E-state index contributed by atoms with van der Waals surface area (Å²) in [6.45, 7) is 3.91. The van der Waals surface area contributed by atoms with E-state index in [2.05, 4.69) is 29.2 Å². The molecule has 3 rings (SSSR count). The Balaban J connectivity index is 1.51. The number of likely N-dealkylation sites (tertiary alicyclic amines) is 1. The van der Waals surface area contributed by atoms with Crippen molar-refractivity contribution < 1.29 is 5.11 Å². The molecule has 1 aliphatic rings. The summed E-state index contributed by atoms with van der Waals surface area (Å²) in [7, 11) is 0. The fraction of sp³-hybridized carbons (Fsp3) is 0.588. The lowest BCUT2D eigenvalue weighted by atomic mass is 9.97. The van der Waals surface area contributed by atoms with Gasteiger partial charge >= 0.3 is 0 Å². The quantitative estimate of drug-likeness (QED) is 0.828. The van der Waals surface area contributed by atoms with Crippen LogP contribution in [0.15, 0.2) is 24.3 Å². The number of benzene rings is 1. The van der Waals surface area contributed by atoms with Gasteiger partial charge in [-0.1, -0.05) is 12.1 Å². The molecule has 1 aromatic carbocycles. The Morgan fingerprint density at radius 1 is 1.14 bits per heavy atom. The Morgan fingerprint density at radius 2 is 1.95 bits per heavy atom. The topological polar surface area (TPSA) is 36.4 Å². The number of hydrogen-bond donors (Lipinski definition) is 1. The number of rotatable bonds is 6. The molecule has 1 N–H and O–H groups in total. The summed E-state index contributed by atoms with van der Waals surface area (Å²) in [5.41, 5.74) is 1.16. The molecule has 1 aliphatic heterocycles. The van der Waals surface area contributed by atoms with Crippen LogP contribution in [-0.4, -0.2) is 41.2 Å². The highest BCUT2D eigenvalue weighted by atomic mass is 32.1. The summed E-state index contributed by atoms with van der Waals surface area (Å²) in [6.07, 6.45) is 5.78. The molecule has 0 amide bonds. The minimum Gasteiger partial charge on any atom is -0.396 e. The third kappa shape index (κ3) is 3.82. The molecule has 0 unspecified atom stereocenters. The number of piperidine rings is 1. The van der Waals surface area contributed by atoms with Gasteiger partial charge in [-0.2, -0.15) is 0 Å². The van der Waals surface area contributed by atoms with E-state index in [9.17, 15) is 0 Å². The number of thiazole rings is 1. The fourth-order valence-electron chi connectivity index (χ4n) is 3.09. The smallest absolute Gasteiger partial charge is 0.0970 e. The summed E-state index contributed by atoms with van der Waals surface area (Å²) in [5.74, 6) is 0.649. The van der Waals surface area contributed by atoms with Crippen LogP contribution in [0.1, 0.15) is 43.0 Å². The monoisotopic (exact) mass is 304 g/mol. The third-order valence-corrected chi connectivity index (χ3v) is 5.58. The maximum atomic E-state index is 8.80. The van der Waals surface area contributed by atoms with E-state index in [1.54, 1.807) is 0 Å². The van der Waals surface area contributed by atoms with Gasteiger partial charge in [-0.3, -0.25) is 0 Å². The molecule has 0 saturated carbocycles. The lowest BCUT2D eigenvalue weighted by molar-refractivity contribution is 0.205. The first-order valence-corrected chi connectivity index (χ1v) is 8.87. The number of aliphatic hydroxyl groups is 1. The predicted octanol–water partition coefficient (Wildman–Crippen LogP) is 3.64. The number of unbranched alkanes of at least 4 members (excludes halogenated alkanes) is 2. The number of hydrogen-bond acceptors (Lipinski definition) is 4. The Hall–Kier alpha value is -0.970. The first kappa shape index (κ1) is 14.9. The van der Waals surface area contributed by atoms with Crippen molar-refractivity contribution in [3.8, 4) is 0 Å². The van der Waals surface area contributed by atoms with Gasteiger partial charge in [-0.15, -0.1) is 11.3 Å². The molecule has 0 spiro atoms. The number of para-hydroxylation sites is 1. The standard InChI is InChI=1S/C17H24N2OS/c20-13-5-1-4-10-19-11-8-14(9-12-19)17-18-15-6-2-3-7-16(15)21-17/h2-3,6-7,14,20H,1,4-5,8-13H2. The second-order valence-corrected chi connectivity index (χ2v) is 6.98. The maximum absolute atomic E-state index is 8.80.